The number of hydrogen-bond acceptors (Lipinski definition) is 3. The Morgan fingerprint density at radius 1 is 1.33 bits per heavy atom. The number of carbonyl (C=O) groups is 1. The second-order valence-electron chi connectivity index (χ2n) is 6.11. The van der Waals surface area contributed by atoms with Gasteiger partial charge in [0.05, 0.1) is 12.1 Å². The van der Waals surface area contributed by atoms with Crippen molar-refractivity contribution in [3.05, 3.63) is 47.2 Å². The zero-order valence-corrected chi connectivity index (χ0v) is 14.4. The molecule has 1 aromatic carbocycles. The second kappa shape index (κ2) is 6.86. The summed E-state index contributed by atoms with van der Waals surface area (Å²) in [5.41, 5.74) is 6.02. The highest BCUT2D eigenvalue weighted by molar-refractivity contribution is 5.88. The number of hydrogen-bond donors (Lipinski definition) is 2. The number of aryl methyl sites for hydroxylation is 4. The zero-order valence-electron chi connectivity index (χ0n) is 14.4. The highest BCUT2D eigenvalue weighted by Crippen LogP contribution is 2.26. The predicted octanol–water partition coefficient (Wildman–Crippen LogP) is 2.65. The van der Waals surface area contributed by atoms with E-state index in [4.69, 9.17) is 0 Å². The average Bonchev–Trinajstić information content (AvgIpc) is 3.19. The molecular formula is C18H23N5O. The second-order valence-corrected chi connectivity index (χ2v) is 6.11. The van der Waals surface area contributed by atoms with Gasteiger partial charge in [-0.05, 0) is 37.5 Å². The maximum absolute atomic E-state index is 12.1. The Labute approximate surface area is 141 Å². The number of aromatic amines is 1. The topological polar surface area (TPSA) is 75.6 Å². The first-order chi connectivity index (χ1) is 11.6. The van der Waals surface area contributed by atoms with Gasteiger partial charge in [0.25, 0.3) is 0 Å². The van der Waals surface area contributed by atoms with Crippen LogP contribution in [-0.4, -0.2) is 25.7 Å². The minimum atomic E-state index is 0.0131. The van der Waals surface area contributed by atoms with Crippen molar-refractivity contribution in [3.8, 4) is 0 Å². The Bertz CT molecular complexity index is 848. The molecule has 0 aliphatic carbocycles. The van der Waals surface area contributed by atoms with Crippen molar-refractivity contribution in [2.45, 2.75) is 46.7 Å². The number of fused-ring (bicyclic) bond motifs is 1. The Balaban J connectivity index is 1.71. The molecule has 2 N–H and O–H groups in total. The van der Waals surface area contributed by atoms with Crippen molar-refractivity contribution >= 4 is 16.8 Å². The molecule has 0 radical (unpaired) electrons. The number of H-pyrrole nitrogens is 1. The van der Waals surface area contributed by atoms with Gasteiger partial charge in [-0.2, -0.15) is 5.10 Å². The van der Waals surface area contributed by atoms with E-state index in [2.05, 4.69) is 53.3 Å². The van der Waals surface area contributed by atoms with Crippen LogP contribution in [0.1, 0.15) is 35.7 Å². The van der Waals surface area contributed by atoms with Crippen LogP contribution in [0.15, 0.2) is 24.8 Å². The molecule has 0 saturated heterocycles. The molecule has 0 bridgehead atoms. The molecule has 0 unspecified atom stereocenters. The van der Waals surface area contributed by atoms with Crippen molar-refractivity contribution in [2.24, 2.45) is 0 Å². The highest BCUT2D eigenvalue weighted by Gasteiger charge is 2.11. The first-order valence-electron chi connectivity index (χ1n) is 8.28. The monoisotopic (exact) mass is 325 g/mol. The molecule has 24 heavy (non-hydrogen) atoms. The lowest BCUT2D eigenvalue weighted by Crippen LogP contribution is -2.24. The molecule has 1 amide bonds. The number of rotatable bonds is 6. The maximum atomic E-state index is 12.1. The largest absolute Gasteiger partial charge is 0.358 e. The van der Waals surface area contributed by atoms with E-state index in [1.54, 1.807) is 11.0 Å². The maximum Gasteiger partial charge on any atom is 0.222 e. The summed E-state index contributed by atoms with van der Waals surface area (Å²) in [5.74, 6) is 0.0131. The van der Waals surface area contributed by atoms with Crippen LogP contribution in [0.5, 0.6) is 0 Å². The molecule has 6 heteroatoms. The van der Waals surface area contributed by atoms with Crippen LogP contribution in [0.4, 0.5) is 0 Å². The summed E-state index contributed by atoms with van der Waals surface area (Å²) >= 11 is 0. The van der Waals surface area contributed by atoms with Gasteiger partial charge in [0.1, 0.15) is 12.7 Å². The molecular weight excluding hydrogens is 302 g/mol. The van der Waals surface area contributed by atoms with Crippen molar-refractivity contribution in [1.29, 1.82) is 0 Å². The molecule has 0 aliphatic rings. The van der Waals surface area contributed by atoms with E-state index in [0.29, 0.717) is 19.5 Å². The normalized spacial score (nSPS) is 11.1. The molecule has 0 aliphatic heterocycles. The Morgan fingerprint density at radius 3 is 2.88 bits per heavy atom. The smallest absolute Gasteiger partial charge is 0.222 e. The van der Waals surface area contributed by atoms with Crippen LogP contribution < -0.4 is 5.32 Å². The average molecular weight is 325 g/mol. The van der Waals surface area contributed by atoms with E-state index in [9.17, 15) is 4.79 Å². The SMILES string of the molecule is CCc1[nH]c2c(CNC(=O)CCn3cncn3)cc(C)cc2c1C. The van der Waals surface area contributed by atoms with E-state index >= 15 is 0 Å². The van der Waals surface area contributed by atoms with E-state index in [0.717, 1.165) is 17.5 Å². The van der Waals surface area contributed by atoms with Crippen LogP contribution in [0.3, 0.4) is 0 Å². The van der Waals surface area contributed by atoms with Gasteiger partial charge < -0.3 is 10.3 Å². The molecule has 3 rings (SSSR count). The van der Waals surface area contributed by atoms with Crippen molar-refractivity contribution in [2.75, 3.05) is 0 Å². The summed E-state index contributed by atoms with van der Waals surface area (Å²) in [6.07, 6.45) is 4.46. The van der Waals surface area contributed by atoms with Crippen molar-refractivity contribution in [1.82, 2.24) is 25.1 Å². The summed E-state index contributed by atoms with van der Waals surface area (Å²) in [6.45, 7) is 7.45. The third-order valence-electron chi connectivity index (χ3n) is 4.36. The zero-order chi connectivity index (χ0) is 17.1. The van der Waals surface area contributed by atoms with Gasteiger partial charge in [0, 0.05) is 24.0 Å². The van der Waals surface area contributed by atoms with E-state index in [-0.39, 0.29) is 5.91 Å². The number of carbonyl (C=O) groups excluding carboxylic acids is 1. The summed E-state index contributed by atoms with van der Waals surface area (Å²) in [5, 5.41) is 8.26. The quantitative estimate of drug-likeness (QED) is 0.731. The number of nitrogens with zero attached hydrogens (tertiary/aromatic N) is 3. The molecule has 2 heterocycles. The third kappa shape index (κ3) is 3.32. The predicted molar refractivity (Wildman–Crippen MR) is 93.6 cm³/mol. The molecule has 126 valence electrons. The van der Waals surface area contributed by atoms with E-state index in [1.807, 2.05) is 0 Å². The van der Waals surface area contributed by atoms with Gasteiger partial charge in [-0.3, -0.25) is 9.48 Å². The van der Waals surface area contributed by atoms with Crippen LogP contribution in [0, 0.1) is 13.8 Å². The van der Waals surface area contributed by atoms with Crippen LogP contribution >= 0.6 is 0 Å². The number of nitrogens with one attached hydrogen (secondary N) is 2. The molecule has 2 aromatic heterocycles. The van der Waals surface area contributed by atoms with Gasteiger partial charge in [-0.1, -0.05) is 18.6 Å². The Kier molecular flexibility index (Phi) is 4.64. The molecule has 0 spiro atoms. The Hall–Kier alpha value is -2.63. The van der Waals surface area contributed by atoms with Crippen molar-refractivity contribution < 1.29 is 4.79 Å². The minimum absolute atomic E-state index is 0.0131. The minimum Gasteiger partial charge on any atom is -0.358 e. The molecule has 6 nitrogen and oxygen atoms in total. The van der Waals surface area contributed by atoms with E-state index < -0.39 is 0 Å². The fourth-order valence-electron chi connectivity index (χ4n) is 3.05. The van der Waals surface area contributed by atoms with Gasteiger partial charge in [-0.15, -0.1) is 0 Å². The number of aromatic nitrogens is 4. The first kappa shape index (κ1) is 16.2. The molecule has 0 fully saturated rings. The van der Waals surface area contributed by atoms with Gasteiger partial charge in [0.2, 0.25) is 5.91 Å². The summed E-state index contributed by atoms with van der Waals surface area (Å²) < 4.78 is 1.66. The highest BCUT2D eigenvalue weighted by atomic mass is 16.1. The standard InChI is InChI=1S/C18H23N5O/c1-4-16-13(3)15-8-12(2)7-14(18(15)22-16)9-20-17(24)5-6-23-11-19-10-21-23/h7-8,10-11,22H,4-6,9H2,1-3H3,(H,20,24). The summed E-state index contributed by atoms with van der Waals surface area (Å²) in [4.78, 5) is 19.5. The lowest BCUT2D eigenvalue weighted by atomic mass is 10.0. The molecule has 3 aromatic rings. The van der Waals surface area contributed by atoms with Crippen LogP contribution in [-0.2, 0) is 24.3 Å². The van der Waals surface area contributed by atoms with Gasteiger partial charge >= 0.3 is 0 Å². The third-order valence-corrected chi connectivity index (χ3v) is 4.36. The lowest BCUT2D eigenvalue weighted by Gasteiger charge is -2.08. The van der Waals surface area contributed by atoms with E-state index in [1.165, 1.54) is 28.5 Å². The van der Waals surface area contributed by atoms with Gasteiger partial charge in [-0.25, -0.2) is 4.98 Å². The van der Waals surface area contributed by atoms with Crippen LogP contribution in [0.25, 0.3) is 10.9 Å². The lowest BCUT2D eigenvalue weighted by molar-refractivity contribution is -0.121. The van der Waals surface area contributed by atoms with Gasteiger partial charge in [0.15, 0.2) is 0 Å². The summed E-state index contributed by atoms with van der Waals surface area (Å²) in [6, 6.07) is 4.34. The summed E-state index contributed by atoms with van der Waals surface area (Å²) in [7, 11) is 0. The fourth-order valence-corrected chi connectivity index (χ4v) is 3.05. The molecule has 0 saturated carbocycles. The first-order valence-corrected chi connectivity index (χ1v) is 8.28. The van der Waals surface area contributed by atoms with Crippen LogP contribution in [0.2, 0.25) is 0 Å². The number of amides is 1. The Morgan fingerprint density at radius 2 is 2.17 bits per heavy atom. The van der Waals surface area contributed by atoms with Crippen molar-refractivity contribution in [3.63, 3.8) is 0 Å². The fraction of sp³-hybridized carbons (Fsp3) is 0.389. The number of benzene rings is 1. The molecule has 0 atom stereocenters.